The Bertz CT molecular complexity index is 571. The molecule has 0 bridgehead atoms. The standard InChI is InChI=1S/C15H18ClN3O2/c1-10-4-5-19(14(10)9-20)8-15(21)18-12-3-2-11(7-17)13(16)6-12/h2-3,6,10,14,20H,4-5,8-9H2,1H3,(H,18,21). The molecule has 0 spiro atoms. The van der Waals surface area contributed by atoms with Crippen molar-refractivity contribution in [2.45, 2.75) is 19.4 Å². The van der Waals surface area contributed by atoms with Crippen molar-refractivity contribution in [1.82, 2.24) is 4.90 Å². The number of anilines is 1. The Labute approximate surface area is 129 Å². The Balaban J connectivity index is 1.96. The molecule has 0 radical (unpaired) electrons. The summed E-state index contributed by atoms with van der Waals surface area (Å²) in [6.07, 6.45) is 0.987. The summed E-state index contributed by atoms with van der Waals surface area (Å²) < 4.78 is 0. The minimum absolute atomic E-state index is 0.0419. The van der Waals surface area contributed by atoms with Gasteiger partial charge in [0.1, 0.15) is 6.07 Å². The molecule has 1 aliphatic heterocycles. The van der Waals surface area contributed by atoms with E-state index in [2.05, 4.69) is 12.2 Å². The lowest BCUT2D eigenvalue weighted by atomic mass is 10.0. The van der Waals surface area contributed by atoms with Crippen LogP contribution in [-0.2, 0) is 4.79 Å². The van der Waals surface area contributed by atoms with E-state index in [1.807, 2.05) is 11.0 Å². The monoisotopic (exact) mass is 307 g/mol. The highest BCUT2D eigenvalue weighted by Gasteiger charge is 2.31. The highest BCUT2D eigenvalue weighted by molar-refractivity contribution is 6.32. The Morgan fingerprint density at radius 2 is 2.38 bits per heavy atom. The van der Waals surface area contributed by atoms with Crippen LogP contribution in [0.5, 0.6) is 0 Å². The van der Waals surface area contributed by atoms with Gasteiger partial charge in [0.05, 0.1) is 23.7 Å². The van der Waals surface area contributed by atoms with Crippen LogP contribution in [0.1, 0.15) is 18.9 Å². The molecular formula is C15H18ClN3O2. The third kappa shape index (κ3) is 3.73. The molecule has 2 atom stereocenters. The van der Waals surface area contributed by atoms with E-state index in [1.165, 1.54) is 0 Å². The van der Waals surface area contributed by atoms with Gasteiger partial charge in [-0.2, -0.15) is 5.26 Å². The summed E-state index contributed by atoms with van der Waals surface area (Å²) in [5.41, 5.74) is 0.945. The van der Waals surface area contributed by atoms with E-state index in [0.29, 0.717) is 22.2 Å². The number of nitriles is 1. The van der Waals surface area contributed by atoms with Gasteiger partial charge in [0, 0.05) is 11.7 Å². The zero-order chi connectivity index (χ0) is 15.4. The fourth-order valence-electron chi connectivity index (χ4n) is 2.65. The molecule has 6 heteroatoms. The van der Waals surface area contributed by atoms with Crippen LogP contribution in [0.4, 0.5) is 5.69 Å². The molecule has 0 aromatic heterocycles. The maximum Gasteiger partial charge on any atom is 0.238 e. The lowest BCUT2D eigenvalue weighted by Crippen LogP contribution is -2.40. The Kier molecular flexibility index (Phi) is 5.18. The minimum atomic E-state index is -0.150. The van der Waals surface area contributed by atoms with Gasteiger partial charge in [-0.15, -0.1) is 0 Å². The highest BCUT2D eigenvalue weighted by atomic mass is 35.5. The number of aliphatic hydroxyl groups excluding tert-OH is 1. The van der Waals surface area contributed by atoms with Crippen molar-refractivity contribution in [3.05, 3.63) is 28.8 Å². The lowest BCUT2D eigenvalue weighted by Gasteiger charge is -2.24. The van der Waals surface area contributed by atoms with Crippen LogP contribution >= 0.6 is 11.6 Å². The summed E-state index contributed by atoms with van der Waals surface area (Å²) in [6, 6.07) is 6.80. The van der Waals surface area contributed by atoms with E-state index in [4.69, 9.17) is 16.9 Å². The molecule has 1 aromatic carbocycles. The van der Waals surface area contributed by atoms with Crippen LogP contribution in [0, 0.1) is 17.2 Å². The van der Waals surface area contributed by atoms with E-state index in [0.717, 1.165) is 13.0 Å². The predicted octanol–water partition coefficient (Wildman–Crippen LogP) is 1.85. The molecule has 2 unspecified atom stereocenters. The molecule has 1 amide bonds. The molecule has 0 saturated carbocycles. The van der Waals surface area contributed by atoms with Crippen LogP contribution in [0.15, 0.2) is 18.2 Å². The van der Waals surface area contributed by atoms with Gasteiger partial charge >= 0.3 is 0 Å². The van der Waals surface area contributed by atoms with Crippen LogP contribution in [0.2, 0.25) is 5.02 Å². The number of aliphatic hydroxyl groups is 1. The van der Waals surface area contributed by atoms with Crippen molar-refractivity contribution in [3.63, 3.8) is 0 Å². The third-order valence-corrected chi connectivity index (χ3v) is 4.22. The summed E-state index contributed by atoms with van der Waals surface area (Å²) in [6.45, 7) is 3.21. The molecule has 21 heavy (non-hydrogen) atoms. The number of carbonyl (C=O) groups excluding carboxylic acids is 1. The van der Waals surface area contributed by atoms with Gasteiger partial charge < -0.3 is 10.4 Å². The second kappa shape index (κ2) is 6.90. The molecule has 5 nitrogen and oxygen atoms in total. The van der Waals surface area contributed by atoms with Gasteiger partial charge in [-0.05, 0) is 37.1 Å². The van der Waals surface area contributed by atoms with Crippen molar-refractivity contribution in [2.75, 3.05) is 25.0 Å². The smallest absolute Gasteiger partial charge is 0.238 e. The lowest BCUT2D eigenvalue weighted by molar-refractivity contribution is -0.117. The van der Waals surface area contributed by atoms with Crippen molar-refractivity contribution < 1.29 is 9.90 Å². The fourth-order valence-corrected chi connectivity index (χ4v) is 2.87. The number of nitrogens with zero attached hydrogens (tertiary/aromatic N) is 2. The zero-order valence-corrected chi connectivity index (χ0v) is 12.6. The first-order chi connectivity index (χ1) is 10.0. The number of hydrogen-bond donors (Lipinski definition) is 2. The first kappa shape index (κ1) is 15.8. The highest BCUT2D eigenvalue weighted by Crippen LogP contribution is 2.24. The molecule has 1 fully saturated rings. The summed E-state index contributed by atoms with van der Waals surface area (Å²) in [4.78, 5) is 14.1. The van der Waals surface area contributed by atoms with Crippen molar-refractivity contribution in [2.24, 2.45) is 5.92 Å². The van der Waals surface area contributed by atoms with Crippen LogP contribution < -0.4 is 5.32 Å². The molecule has 112 valence electrons. The maximum absolute atomic E-state index is 12.1. The largest absolute Gasteiger partial charge is 0.395 e. The number of benzene rings is 1. The number of carbonyl (C=O) groups is 1. The zero-order valence-electron chi connectivity index (χ0n) is 11.8. The van der Waals surface area contributed by atoms with Crippen molar-refractivity contribution >= 4 is 23.2 Å². The number of halogens is 1. The first-order valence-electron chi connectivity index (χ1n) is 6.89. The van der Waals surface area contributed by atoms with E-state index in [1.54, 1.807) is 18.2 Å². The molecule has 1 aliphatic rings. The number of rotatable bonds is 4. The van der Waals surface area contributed by atoms with Crippen LogP contribution in [0.25, 0.3) is 0 Å². The fraction of sp³-hybridized carbons (Fsp3) is 0.467. The van der Waals surface area contributed by atoms with Crippen molar-refractivity contribution in [1.29, 1.82) is 5.26 Å². The number of amides is 1. The van der Waals surface area contributed by atoms with E-state index < -0.39 is 0 Å². The normalized spacial score (nSPS) is 22.0. The molecular weight excluding hydrogens is 290 g/mol. The maximum atomic E-state index is 12.1. The van der Waals surface area contributed by atoms with Crippen LogP contribution in [0.3, 0.4) is 0 Å². The molecule has 1 heterocycles. The summed E-state index contributed by atoms with van der Waals surface area (Å²) in [5, 5.41) is 21.3. The Morgan fingerprint density at radius 3 is 3.00 bits per heavy atom. The molecule has 1 aromatic rings. The van der Waals surface area contributed by atoms with Gasteiger partial charge in [-0.3, -0.25) is 9.69 Å². The van der Waals surface area contributed by atoms with Gasteiger partial charge in [-0.1, -0.05) is 18.5 Å². The first-order valence-corrected chi connectivity index (χ1v) is 7.27. The minimum Gasteiger partial charge on any atom is -0.395 e. The second-order valence-corrected chi connectivity index (χ2v) is 5.75. The van der Waals surface area contributed by atoms with Gasteiger partial charge in [0.15, 0.2) is 0 Å². The SMILES string of the molecule is CC1CCN(CC(=O)Nc2ccc(C#N)c(Cl)c2)C1CO. The van der Waals surface area contributed by atoms with Gasteiger partial charge in [0.2, 0.25) is 5.91 Å². The number of nitrogens with one attached hydrogen (secondary N) is 1. The predicted molar refractivity (Wildman–Crippen MR) is 81.0 cm³/mol. The van der Waals surface area contributed by atoms with Crippen LogP contribution in [-0.4, -0.2) is 41.7 Å². The molecule has 1 saturated heterocycles. The van der Waals surface area contributed by atoms with Gasteiger partial charge in [-0.25, -0.2) is 0 Å². The second-order valence-electron chi connectivity index (χ2n) is 5.34. The van der Waals surface area contributed by atoms with E-state index >= 15 is 0 Å². The topological polar surface area (TPSA) is 76.4 Å². The average Bonchev–Trinajstić information content (AvgIpc) is 2.79. The Hall–Kier alpha value is -1.61. The quantitative estimate of drug-likeness (QED) is 0.890. The average molecular weight is 308 g/mol. The Morgan fingerprint density at radius 1 is 1.62 bits per heavy atom. The summed E-state index contributed by atoms with van der Waals surface area (Å²) in [5.74, 6) is 0.246. The van der Waals surface area contributed by atoms with E-state index in [-0.39, 0.29) is 25.1 Å². The summed E-state index contributed by atoms with van der Waals surface area (Å²) in [7, 11) is 0. The summed E-state index contributed by atoms with van der Waals surface area (Å²) >= 11 is 5.93. The molecule has 2 N–H and O–H groups in total. The van der Waals surface area contributed by atoms with Crippen molar-refractivity contribution in [3.8, 4) is 6.07 Å². The molecule has 0 aliphatic carbocycles. The molecule has 2 rings (SSSR count). The van der Waals surface area contributed by atoms with Gasteiger partial charge in [0.25, 0.3) is 0 Å². The third-order valence-electron chi connectivity index (χ3n) is 3.90. The van der Waals surface area contributed by atoms with E-state index in [9.17, 15) is 9.90 Å². The number of hydrogen-bond acceptors (Lipinski definition) is 4. The number of likely N-dealkylation sites (tertiary alicyclic amines) is 1.